The molecule has 0 radical (unpaired) electrons. The van der Waals surface area contributed by atoms with E-state index in [0.717, 1.165) is 13.1 Å². The zero-order valence-corrected chi connectivity index (χ0v) is 10.3. The van der Waals surface area contributed by atoms with E-state index in [-0.39, 0.29) is 5.91 Å². The first-order valence-corrected chi connectivity index (χ1v) is 6.32. The third kappa shape index (κ3) is 8.38. The van der Waals surface area contributed by atoms with Gasteiger partial charge in [-0.15, -0.1) is 0 Å². The third-order valence-corrected chi connectivity index (χ3v) is 2.85. The summed E-state index contributed by atoms with van der Waals surface area (Å²) in [6.07, 6.45) is 1.79. The number of nitrogens with one attached hydrogen (secondary N) is 1. The molecule has 0 aromatic heterocycles. The van der Waals surface area contributed by atoms with Crippen molar-refractivity contribution in [1.29, 1.82) is 0 Å². The van der Waals surface area contributed by atoms with Crippen LogP contribution in [-0.4, -0.2) is 49.5 Å². The van der Waals surface area contributed by atoms with E-state index in [0.29, 0.717) is 6.42 Å². The molecule has 0 aliphatic heterocycles. The number of hydrogen-bond donors (Lipinski definition) is 1. The smallest absolute Gasteiger partial charge is 0.223 e. The predicted octanol–water partition coefficient (Wildman–Crippen LogP) is 1.20. The molecule has 0 spiro atoms. The maximum absolute atomic E-state index is 11.2. The Bertz CT molecular complexity index is 151. The summed E-state index contributed by atoms with van der Waals surface area (Å²) < 4.78 is 0. The van der Waals surface area contributed by atoms with Crippen LogP contribution < -0.4 is 5.32 Å². The molecule has 0 rings (SSSR count). The second kappa shape index (κ2) is 9.34. The summed E-state index contributed by atoms with van der Waals surface area (Å²) in [7, 11) is 3.58. The first-order chi connectivity index (χ1) is 6.68. The van der Waals surface area contributed by atoms with Crippen LogP contribution in [0.15, 0.2) is 0 Å². The molecule has 0 aliphatic rings. The minimum absolute atomic E-state index is 0.195. The summed E-state index contributed by atoms with van der Waals surface area (Å²) in [5, 5.41) is 3.27. The van der Waals surface area contributed by atoms with Gasteiger partial charge in [0.2, 0.25) is 5.91 Å². The van der Waals surface area contributed by atoms with Crippen molar-refractivity contribution in [3.63, 3.8) is 0 Å². The van der Waals surface area contributed by atoms with Gasteiger partial charge in [-0.05, 0) is 24.5 Å². The van der Waals surface area contributed by atoms with Gasteiger partial charge in [0, 0.05) is 27.1 Å². The highest BCUT2D eigenvalue weighted by molar-refractivity contribution is 7.99. The van der Waals surface area contributed by atoms with Crippen LogP contribution in [0.4, 0.5) is 0 Å². The Balaban J connectivity index is 3.10. The van der Waals surface area contributed by atoms with Crippen molar-refractivity contribution in [3.8, 4) is 0 Å². The molecule has 0 unspecified atom stereocenters. The molecule has 0 heterocycles. The van der Waals surface area contributed by atoms with Gasteiger partial charge < -0.3 is 10.2 Å². The third-order valence-electron chi connectivity index (χ3n) is 1.86. The molecule has 14 heavy (non-hydrogen) atoms. The highest BCUT2D eigenvalue weighted by Crippen LogP contribution is 1.99. The van der Waals surface area contributed by atoms with Gasteiger partial charge in [0.1, 0.15) is 0 Å². The largest absolute Gasteiger partial charge is 0.349 e. The molecule has 3 nitrogen and oxygen atoms in total. The van der Waals surface area contributed by atoms with Crippen LogP contribution in [0.25, 0.3) is 0 Å². The molecule has 0 saturated carbocycles. The van der Waals surface area contributed by atoms with Crippen molar-refractivity contribution >= 4 is 17.7 Å². The Hall–Kier alpha value is -0.220. The van der Waals surface area contributed by atoms with Gasteiger partial charge in [-0.2, -0.15) is 11.8 Å². The average Bonchev–Trinajstić information content (AvgIpc) is 2.16. The fourth-order valence-corrected chi connectivity index (χ4v) is 1.62. The summed E-state index contributed by atoms with van der Waals surface area (Å²) in [5.74, 6) is 2.60. The molecular formula is C10H22N2OS. The Kier molecular flexibility index (Phi) is 9.19. The monoisotopic (exact) mass is 218 g/mol. The van der Waals surface area contributed by atoms with Crippen LogP contribution in [0.1, 0.15) is 19.8 Å². The van der Waals surface area contributed by atoms with Crippen LogP contribution in [-0.2, 0) is 4.79 Å². The normalized spacial score (nSPS) is 10.2. The predicted molar refractivity (Wildman–Crippen MR) is 63.8 cm³/mol. The van der Waals surface area contributed by atoms with E-state index in [9.17, 15) is 4.79 Å². The molecule has 0 fully saturated rings. The zero-order valence-electron chi connectivity index (χ0n) is 9.51. The average molecular weight is 218 g/mol. The summed E-state index contributed by atoms with van der Waals surface area (Å²) in [6.45, 7) is 4.00. The second-order valence-electron chi connectivity index (χ2n) is 3.34. The van der Waals surface area contributed by atoms with Crippen molar-refractivity contribution < 1.29 is 4.79 Å². The first-order valence-electron chi connectivity index (χ1n) is 5.17. The molecule has 0 aliphatic carbocycles. The van der Waals surface area contributed by atoms with E-state index >= 15 is 0 Å². The number of amides is 1. The number of carbonyl (C=O) groups is 1. The van der Waals surface area contributed by atoms with E-state index in [1.165, 1.54) is 17.9 Å². The number of nitrogens with zero attached hydrogens (tertiary/aromatic N) is 1. The van der Waals surface area contributed by atoms with Gasteiger partial charge in [0.15, 0.2) is 0 Å². The van der Waals surface area contributed by atoms with Gasteiger partial charge in [-0.25, -0.2) is 0 Å². The molecule has 1 N–H and O–H groups in total. The van der Waals surface area contributed by atoms with Crippen molar-refractivity contribution in [3.05, 3.63) is 0 Å². The minimum atomic E-state index is 0.195. The lowest BCUT2D eigenvalue weighted by molar-refractivity contribution is -0.128. The van der Waals surface area contributed by atoms with Gasteiger partial charge in [-0.1, -0.05) is 6.92 Å². The van der Waals surface area contributed by atoms with Crippen LogP contribution in [0.3, 0.4) is 0 Å². The number of hydrogen-bond acceptors (Lipinski definition) is 3. The number of thioether (sulfide) groups is 1. The van der Waals surface area contributed by atoms with Crippen LogP contribution in [0.5, 0.6) is 0 Å². The molecule has 0 bridgehead atoms. The lowest BCUT2D eigenvalue weighted by atomic mass is 10.3. The maximum atomic E-state index is 11.2. The standard InChI is InChI=1S/C10H22N2OS/c1-4-14-9-5-7-11-8-6-10(13)12(2)3/h11H,4-9H2,1-3H3. The van der Waals surface area contributed by atoms with Gasteiger partial charge in [0.05, 0.1) is 0 Å². The Morgan fingerprint density at radius 1 is 1.36 bits per heavy atom. The highest BCUT2D eigenvalue weighted by atomic mass is 32.2. The number of rotatable bonds is 8. The Morgan fingerprint density at radius 3 is 2.64 bits per heavy atom. The maximum Gasteiger partial charge on any atom is 0.223 e. The van der Waals surface area contributed by atoms with Crippen molar-refractivity contribution in [2.24, 2.45) is 0 Å². The van der Waals surface area contributed by atoms with Gasteiger partial charge in [0.25, 0.3) is 0 Å². The molecule has 0 aromatic carbocycles. The molecule has 0 atom stereocenters. The van der Waals surface area contributed by atoms with Crippen LogP contribution in [0, 0.1) is 0 Å². The van der Waals surface area contributed by atoms with E-state index in [4.69, 9.17) is 0 Å². The van der Waals surface area contributed by atoms with Crippen LogP contribution >= 0.6 is 11.8 Å². The van der Waals surface area contributed by atoms with Crippen molar-refractivity contribution in [2.75, 3.05) is 38.7 Å². The van der Waals surface area contributed by atoms with Crippen molar-refractivity contribution in [2.45, 2.75) is 19.8 Å². The van der Waals surface area contributed by atoms with Crippen LogP contribution in [0.2, 0.25) is 0 Å². The van der Waals surface area contributed by atoms with Gasteiger partial charge in [-0.3, -0.25) is 4.79 Å². The second-order valence-corrected chi connectivity index (χ2v) is 4.73. The van der Waals surface area contributed by atoms with E-state index in [2.05, 4.69) is 12.2 Å². The summed E-state index contributed by atoms with van der Waals surface area (Å²) >= 11 is 1.96. The topological polar surface area (TPSA) is 32.3 Å². The molecule has 0 saturated heterocycles. The molecule has 4 heteroatoms. The zero-order chi connectivity index (χ0) is 10.8. The molecule has 0 aromatic rings. The number of carbonyl (C=O) groups excluding carboxylic acids is 1. The van der Waals surface area contributed by atoms with Gasteiger partial charge >= 0.3 is 0 Å². The van der Waals surface area contributed by atoms with E-state index in [1.807, 2.05) is 11.8 Å². The quantitative estimate of drug-likeness (QED) is 0.621. The lowest BCUT2D eigenvalue weighted by Gasteiger charge is -2.10. The highest BCUT2D eigenvalue weighted by Gasteiger charge is 2.01. The fraction of sp³-hybridized carbons (Fsp3) is 0.900. The summed E-state index contributed by atoms with van der Waals surface area (Å²) in [4.78, 5) is 12.8. The molecule has 84 valence electrons. The first kappa shape index (κ1) is 13.8. The summed E-state index contributed by atoms with van der Waals surface area (Å²) in [5.41, 5.74) is 0. The Morgan fingerprint density at radius 2 is 2.07 bits per heavy atom. The minimum Gasteiger partial charge on any atom is -0.349 e. The molecule has 1 amide bonds. The lowest BCUT2D eigenvalue weighted by Crippen LogP contribution is -2.27. The summed E-state index contributed by atoms with van der Waals surface area (Å²) in [6, 6.07) is 0. The van der Waals surface area contributed by atoms with Crippen molar-refractivity contribution in [1.82, 2.24) is 10.2 Å². The fourth-order valence-electron chi connectivity index (χ4n) is 0.987. The SMILES string of the molecule is CCSCCCNCCC(=O)N(C)C. The Labute approximate surface area is 91.6 Å². The molecular weight excluding hydrogens is 196 g/mol. The van der Waals surface area contributed by atoms with E-state index < -0.39 is 0 Å². The van der Waals surface area contributed by atoms with E-state index in [1.54, 1.807) is 19.0 Å².